The molecule has 0 unspecified atom stereocenters. The second-order valence-corrected chi connectivity index (χ2v) is 9.17. The van der Waals surface area contributed by atoms with Gasteiger partial charge in [0.2, 0.25) is 17.8 Å². The van der Waals surface area contributed by atoms with E-state index in [0.29, 0.717) is 29.2 Å². The first kappa shape index (κ1) is 37.2. The summed E-state index contributed by atoms with van der Waals surface area (Å²) in [5.74, 6) is 0.636. The number of nitrogens with one attached hydrogen (secondary N) is 2. The number of halogens is 2. The Balaban J connectivity index is -0.000000593. The highest BCUT2D eigenvalue weighted by Gasteiger charge is 2.21. The summed E-state index contributed by atoms with van der Waals surface area (Å²) in [6.45, 7) is 3.67. The van der Waals surface area contributed by atoms with E-state index in [9.17, 15) is 14.3 Å². The van der Waals surface area contributed by atoms with Gasteiger partial charge in [0.25, 0.3) is 5.91 Å². The van der Waals surface area contributed by atoms with Gasteiger partial charge in [0, 0.05) is 49.3 Å². The number of rotatable bonds is 6. The first-order valence-electron chi connectivity index (χ1n) is 12.5. The van der Waals surface area contributed by atoms with Crippen molar-refractivity contribution >= 4 is 47.5 Å². The molecule has 3 aromatic rings. The molecule has 15 heteroatoms. The number of carbonyl (C=O) groups excluding carboxylic acids is 1. The topological polar surface area (TPSA) is 247 Å². The SMILES string of the molecule is Cl.N.N.N.N.O=C(Nc1ccc(F)cc1)c1ccc(Nc2nc(N3CCCCC3)nc(N3CCCCC3)n2)cc1O.[HH].[HH].[HH].[HH]. The quantitative estimate of drug-likeness (QED) is 0.154. The first-order valence-corrected chi connectivity index (χ1v) is 12.5. The molecular weight excluding hydrogens is 553 g/mol. The minimum Gasteiger partial charge on any atom is -0.507 e. The fraction of sp³-hybridized carbons (Fsp3) is 0.385. The lowest BCUT2D eigenvalue weighted by Crippen LogP contribution is -2.34. The number of carbonyl (C=O) groups is 1. The van der Waals surface area contributed by atoms with Crippen LogP contribution in [0.25, 0.3) is 0 Å². The van der Waals surface area contributed by atoms with Gasteiger partial charge in [-0.15, -0.1) is 12.4 Å². The second-order valence-electron chi connectivity index (χ2n) is 9.17. The van der Waals surface area contributed by atoms with Crippen molar-refractivity contribution in [2.24, 2.45) is 0 Å². The van der Waals surface area contributed by atoms with Gasteiger partial charge in [-0.2, -0.15) is 15.0 Å². The number of phenols is 1. The fourth-order valence-electron chi connectivity index (χ4n) is 4.54. The predicted molar refractivity (Wildman–Crippen MR) is 173 cm³/mol. The standard InChI is InChI=1S/C26H30FN7O2.ClH.4H3N.4H2/c27-18-7-9-19(10-8-18)28-23(36)21-12-11-20(17-22(21)35)29-24-30-25(33-13-3-1-4-14-33)32-26(31-24)34-15-5-2-6-16-34;;;;;;;;;/h7-12,17,35H,1-6,13-16H2,(H,28,36)(H,29,30,31,32);1H;4*1H3;4*1H. The van der Waals surface area contributed by atoms with E-state index in [-0.39, 0.29) is 54.0 Å². The van der Waals surface area contributed by atoms with Crippen LogP contribution >= 0.6 is 12.4 Å². The lowest BCUT2D eigenvalue weighted by molar-refractivity contribution is 0.102. The Morgan fingerprint density at radius 2 is 1.24 bits per heavy atom. The van der Waals surface area contributed by atoms with E-state index in [0.717, 1.165) is 51.9 Å². The maximum absolute atomic E-state index is 13.1. The monoisotopic (exact) mass is 603 g/mol. The molecule has 2 saturated heterocycles. The van der Waals surface area contributed by atoms with Crippen molar-refractivity contribution in [3.63, 3.8) is 0 Å². The first-order chi connectivity index (χ1) is 17.5. The van der Waals surface area contributed by atoms with Crippen molar-refractivity contribution < 1.29 is 20.0 Å². The highest BCUT2D eigenvalue weighted by Crippen LogP contribution is 2.27. The third kappa shape index (κ3) is 9.37. The molecule has 0 spiro atoms. The van der Waals surface area contributed by atoms with Crippen LogP contribution in [0.5, 0.6) is 5.75 Å². The number of hydrogen-bond acceptors (Lipinski definition) is 12. The van der Waals surface area contributed by atoms with Gasteiger partial charge in [0.15, 0.2) is 0 Å². The predicted octanol–water partition coefficient (Wildman–Crippen LogP) is 6.75. The molecule has 1 amide bonds. The zero-order valence-corrected chi connectivity index (χ0v) is 24.1. The Labute approximate surface area is 252 Å². The number of hydrogen-bond donors (Lipinski definition) is 7. The summed E-state index contributed by atoms with van der Waals surface area (Å²) in [4.78, 5) is 31.1. The van der Waals surface area contributed by atoms with Gasteiger partial charge >= 0.3 is 0 Å². The number of nitrogens with zero attached hydrogens (tertiary/aromatic N) is 5. The van der Waals surface area contributed by atoms with Crippen LogP contribution in [0, 0.1) is 5.82 Å². The van der Waals surface area contributed by atoms with Crippen LogP contribution in [-0.4, -0.2) is 52.1 Å². The van der Waals surface area contributed by atoms with Gasteiger partial charge in [-0.05, 0) is 74.9 Å². The van der Waals surface area contributed by atoms with Crippen LogP contribution < -0.4 is 45.0 Å². The van der Waals surface area contributed by atoms with E-state index in [4.69, 9.17) is 4.98 Å². The molecule has 0 saturated carbocycles. The van der Waals surface area contributed by atoms with Gasteiger partial charge in [-0.3, -0.25) is 4.79 Å². The zero-order valence-electron chi connectivity index (χ0n) is 23.3. The minimum atomic E-state index is -0.495. The molecule has 0 radical (unpaired) electrons. The van der Waals surface area contributed by atoms with Crippen LogP contribution in [0.15, 0.2) is 42.5 Å². The Kier molecular flexibility index (Phi) is 15.5. The van der Waals surface area contributed by atoms with E-state index < -0.39 is 11.7 Å². The largest absolute Gasteiger partial charge is 0.507 e. The Hall–Kier alpha value is -3.82. The maximum Gasteiger partial charge on any atom is 0.259 e. The van der Waals surface area contributed by atoms with Crippen LogP contribution in [0.4, 0.5) is 33.6 Å². The molecule has 3 heterocycles. The van der Waals surface area contributed by atoms with Gasteiger partial charge < -0.3 is 50.1 Å². The zero-order chi connectivity index (χ0) is 24.9. The Morgan fingerprint density at radius 1 is 0.756 bits per heavy atom. The van der Waals surface area contributed by atoms with Crippen LogP contribution in [0.1, 0.15) is 54.6 Å². The highest BCUT2D eigenvalue weighted by molar-refractivity contribution is 6.06. The number of amides is 1. The fourth-order valence-corrected chi connectivity index (χ4v) is 4.54. The third-order valence-corrected chi connectivity index (χ3v) is 6.49. The lowest BCUT2D eigenvalue weighted by Gasteiger charge is -2.30. The normalized spacial score (nSPS) is 14.1. The molecule has 41 heavy (non-hydrogen) atoms. The average Bonchev–Trinajstić information content (AvgIpc) is 2.91. The summed E-state index contributed by atoms with van der Waals surface area (Å²) in [7, 11) is 0. The van der Waals surface area contributed by atoms with E-state index in [2.05, 4.69) is 30.4 Å². The summed E-state index contributed by atoms with van der Waals surface area (Å²) in [6.07, 6.45) is 6.88. The van der Waals surface area contributed by atoms with E-state index in [1.807, 2.05) is 0 Å². The molecule has 13 nitrogen and oxygen atoms in total. The smallest absolute Gasteiger partial charge is 0.259 e. The summed E-state index contributed by atoms with van der Waals surface area (Å²) >= 11 is 0. The molecule has 0 bridgehead atoms. The molecule has 236 valence electrons. The molecule has 2 aliphatic rings. The molecule has 2 aliphatic heterocycles. The van der Waals surface area contributed by atoms with Crippen LogP contribution in [0.2, 0.25) is 0 Å². The van der Waals surface area contributed by atoms with Gasteiger partial charge in [-0.25, -0.2) is 4.39 Å². The van der Waals surface area contributed by atoms with Crippen molar-refractivity contribution in [1.29, 1.82) is 0 Å². The molecule has 1 aromatic heterocycles. The van der Waals surface area contributed by atoms with Crippen molar-refractivity contribution in [2.75, 3.05) is 46.6 Å². The van der Waals surface area contributed by atoms with Gasteiger partial charge in [0.1, 0.15) is 11.6 Å². The highest BCUT2D eigenvalue weighted by atomic mass is 35.5. The average molecular weight is 604 g/mol. The van der Waals surface area contributed by atoms with E-state index >= 15 is 0 Å². The van der Waals surface area contributed by atoms with E-state index in [1.54, 1.807) is 6.07 Å². The number of aromatic nitrogens is 3. The van der Waals surface area contributed by atoms with E-state index in [1.165, 1.54) is 49.2 Å². The van der Waals surface area contributed by atoms with Crippen molar-refractivity contribution in [3.05, 3.63) is 53.8 Å². The minimum absolute atomic E-state index is 0. The number of benzene rings is 2. The number of anilines is 5. The molecule has 0 aliphatic carbocycles. The van der Waals surface area contributed by atoms with Gasteiger partial charge in [0.05, 0.1) is 5.56 Å². The van der Waals surface area contributed by atoms with Gasteiger partial charge in [-0.1, -0.05) is 0 Å². The summed E-state index contributed by atoms with van der Waals surface area (Å²) in [6, 6.07) is 10.1. The molecule has 2 fully saturated rings. The molecule has 5 rings (SSSR count). The van der Waals surface area contributed by atoms with Crippen molar-refractivity contribution in [2.45, 2.75) is 38.5 Å². The Bertz CT molecular complexity index is 1210. The molecule has 15 N–H and O–H groups in total. The van der Waals surface area contributed by atoms with Crippen molar-refractivity contribution in [1.82, 2.24) is 39.6 Å². The molecule has 2 aromatic carbocycles. The van der Waals surface area contributed by atoms with Crippen LogP contribution in [-0.2, 0) is 0 Å². The number of aromatic hydroxyl groups is 1. The molecular formula is C26H51ClFN11O2. The summed E-state index contributed by atoms with van der Waals surface area (Å²) < 4.78 is 13.1. The summed E-state index contributed by atoms with van der Waals surface area (Å²) in [5.41, 5.74) is 1.08. The lowest BCUT2D eigenvalue weighted by atomic mass is 10.1. The Morgan fingerprint density at radius 3 is 1.73 bits per heavy atom. The summed E-state index contributed by atoms with van der Waals surface area (Å²) in [5, 5.41) is 16.4. The number of phenolic OH excluding ortho intramolecular Hbond substituents is 1. The van der Waals surface area contributed by atoms with Crippen molar-refractivity contribution in [3.8, 4) is 5.75 Å². The maximum atomic E-state index is 13.1. The number of piperidine rings is 2. The molecule has 0 atom stereocenters. The second kappa shape index (κ2) is 17.1. The third-order valence-electron chi connectivity index (χ3n) is 6.49. The van der Waals surface area contributed by atoms with Crippen LogP contribution in [0.3, 0.4) is 0 Å².